The summed E-state index contributed by atoms with van der Waals surface area (Å²) in [5, 5.41) is 8.29. The van der Waals surface area contributed by atoms with Gasteiger partial charge in [0.25, 0.3) is 0 Å². The zero-order chi connectivity index (χ0) is 19.2. The number of carbonyl (C=O) groups excluding carboxylic acids is 1. The highest BCUT2D eigenvalue weighted by molar-refractivity contribution is 6.05. The molecule has 4 rings (SSSR count). The van der Waals surface area contributed by atoms with E-state index in [0.29, 0.717) is 5.56 Å². The van der Waals surface area contributed by atoms with Crippen LogP contribution >= 0.6 is 0 Å². The number of allylic oxidation sites excluding steroid dienone is 2. The molecule has 0 bridgehead atoms. The van der Waals surface area contributed by atoms with Crippen molar-refractivity contribution in [3.63, 3.8) is 0 Å². The quantitative estimate of drug-likeness (QED) is 0.496. The Balaban J connectivity index is 1.84. The fraction of sp³-hybridized carbons (Fsp3) is 0.208. The van der Waals surface area contributed by atoms with Gasteiger partial charge >= 0.3 is 0 Å². The standard InChI is InChI=1S/C24H23N2O/c1-17-13-22-23(2,3)26(14-21(27)18-9-5-4-6-10-18)16-24(22,15-25)20-12-8-7-11-19(17)20/h4-13,15-16,25H,1,14H2,2-3H3/q+1/t24-/m0/s1. The van der Waals surface area contributed by atoms with E-state index in [4.69, 9.17) is 5.41 Å². The topological polar surface area (TPSA) is 43.9 Å². The van der Waals surface area contributed by atoms with Gasteiger partial charge in [0, 0.05) is 31.2 Å². The van der Waals surface area contributed by atoms with Crippen LogP contribution in [0.4, 0.5) is 0 Å². The van der Waals surface area contributed by atoms with E-state index in [1.807, 2.05) is 42.5 Å². The van der Waals surface area contributed by atoms with E-state index in [-0.39, 0.29) is 12.3 Å². The summed E-state index contributed by atoms with van der Waals surface area (Å²) in [7, 11) is 0. The molecule has 3 heteroatoms. The average molecular weight is 355 g/mol. The number of hydrogen-bond donors (Lipinski definition) is 1. The predicted octanol–water partition coefficient (Wildman–Crippen LogP) is 4.29. The lowest BCUT2D eigenvalue weighted by atomic mass is 9.66. The largest absolute Gasteiger partial charge is 0.311 e. The van der Waals surface area contributed by atoms with Crippen molar-refractivity contribution < 1.29 is 9.37 Å². The molecule has 1 atom stereocenters. The van der Waals surface area contributed by atoms with Gasteiger partial charge in [-0.25, -0.2) is 4.58 Å². The van der Waals surface area contributed by atoms with E-state index in [2.05, 4.69) is 49.4 Å². The lowest BCUT2D eigenvalue weighted by Gasteiger charge is -2.32. The molecule has 0 fully saturated rings. The Morgan fingerprint density at radius 2 is 1.78 bits per heavy atom. The lowest BCUT2D eigenvalue weighted by Crippen LogP contribution is -2.40. The van der Waals surface area contributed by atoms with Crippen LogP contribution in [0.3, 0.4) is 0 Å². The van der Waals surface area contributed by atoms with Crippen LogP contribution in [0.2, 0.25) is 0 Å². The first-order valence-corrected chi connectivity index (χ1v) is 9.14. The molecule has 2 aliphatic rings. The maximum Gasteiger partial charge on any atom is 0.227 e. The molecule has 2 aromatic carbocycles. The SMILES string of the molecule is C=C1C=C2C(C)(C)[N+](CC(=O)c3ccccc3)=C[C@@]2(C=N)c2ccccc21. The van der Waals surface area contributed by atoms with Gasteiger partial charge in [0.15, 0.2) is 11.8 Å². The second-order valence-electron chi connectivity index (χ2n) is 7.75. The highest BCUT2D eigenvalue weighted by atomic mass is 16.1. The lowest BCUT2D eigenvalue weighted by molar-refractivity contribution is -0.568. The molecule has 1 heterocycles. The minimum atomic E-state index is -0.627. The summed E-state index contributed by atoms with van der Waals surface area (Å²) >= 11 is 0. The molecule has 1 aliphatic heterocycles. The molecule has 1 N–H and O–H groups in total. The van der Waals surface area contributed by atoms with Crippen LogP contribution < -0.4 is 0 Å². The van der Waals surface area contributed by atoms with E-state index < -0.39 is 11.0 Å². The van der Waals surface area contributed by atoms with Gasteiger partial charge in [-0.05, 0) is 22.8 Å². The van der Waals surface area contributed by atoms with Crippen LogP contribution in [0, 0.1) is 5.41 Å². The minimum absolute atomic E-state index is 0.0754. The van der Waals surface area contributed by atoms with Crippen molar-refractivity contribution in [2.75, 3.05) is 6.54 Å². The third-order valence-electron chi connectivity index (χ3n) is 5.86. The molecule has 0 spiro atoms. The molecular weight excluding hydrogens is 332 g/mol. The van der Waals surface area contributed by atoms with Gasteiger partial charge < -0.3 is 5.41 Å². The highest BCUT2D eigenvalue weighted by Gasteiger charge is 2.57. The number of fused-ring (bicyclic) bond motifs is 3. The number of benzene rings is 2. The molecule has 1 aliphatic carbocycles. The molecular formula is C24H23N2O+. The maximum absolute atomic E-state index is 12.8. The Kier molecular flexibility index (Phi) is 3.84. The van der Waals surface area contributed by atoms with Crippen molar-refractivity contribution >= 4 is 23.8 Å². The molecule has 0 unspecified atom stereocenters. The Labute approximate surface area is 159 Å². The average Bonchev–Trinajstić information content (AvgIpc) is 2.91. The van der Waals surface area contributed by atoms with Crippen molar-refractivity contribution in [2.24, 2.45) is 0 Å². The van der Waals surface area contributed by atoms with Crippen LogP contribution in [0.1, 0.15) is 35.3 Å². The van der Waals surface area contributed by atoms with Crippen LogP contribution in [0.25, 0.3) is 5.57 Å². The van der Waals surface area contributed by atoms with Gasteiger partial charge in [-0.3, -0.25) is 4.79 Å². The van der Waals surface area contributed by atoms with Gasteiger partial charge in [-0.1, -0.05) is 61.2 Å². The molecule has 27 heavy (non-hydrogen) atoms. The van der Waals surface area contributed by atoms with Gasteiger partial charge in [0.1, 0.15) is 5.41 Å². The summed E-state index contributed by atoms with van der Waals surface area (Å²) in [6.45, 7) is 8.73. The highest BCUT2D eigenvalue weighted by Crippen LogP contribution is 2.48. The van der Waals surface area contributed by atoms with Crippen LogP contribution in [-0.4, -0.2) is 34.9 Å². The number of Topliss-reactive ketones (excluding diaryl/α,β-unsaturated/α-hetero) is 1. The smallest absolute Gasteiger partial charge is 0.227 e. The summed E-state index contributed by atoms with van der Waals surface area (Å²) in [6.07, 6.45) is 5.65. The first-order valence-electron chi connectivity index (χ1n) is 9.14. The van der Waals surface area contributed by atoms with Crippen molar-refractivity contribution in [3.8, 4) is 0 Å². The summed E-state index contributed by atoms with van der Waals surface area (Å²) in [5.41, 5.74) is 3.86. The number of hydrogen-bond acceptors (Lipinski definition) is 2. The van der Waals surface area contributed by atoms with Gasteiger partial charge in [0.05, 0.1) is 0 Å². The summed E-state index contributed by atoms with van der Waals surface area (Å²) < 4.78 is 2.08. The number of carbonyl (C=O) groups is 1. The summed E-state index contributed by atoms with van der Waals surface area (Å²) in [6, 6.07) is 17.5. The normalized spacial score (nSPS) is 22.4. The van der Waals surface area contributed by atoms with E-state index >= 15 is 0 Å². The van der Waals surface area contributed by atoms with Gasteiger partial charge in [-0.15, -0.1) is 0 Å². The molecule has 0 amide bonds. The fourth-order valence-electron chi connectivity index (χ4n) is 4.33. The number of nitrogens with zero attached hydrogens (tertiary/aromatic N) is 1. The number of ketones is 1. The van der Waals surface area contributed by atoms with Crippen molar-refractivity contribution in [1.29, 1.82) is 5.41 Å². The zero-order valence-corrected chi connectivity index (χ0v) is 15.7. The van der Waals surface area contributed by atoms with Crippen molar-refractivity contribution in [3.05, 3.63) is 89.5 Å². The zero-order valence-electron chi connectivity index (χ0n) is 15.7. The summed E-state index contributed by atoms with van der Waals surface area (Å²) in [4.78, 5) is 12.8. The van der Waals surface area contributed by atoms with Crippen LogP contribution in [-0.2, 0) is 5.41 Å². The predicted molar refractivity (Wildman–Crippen MR) is 110 cm³/mol. The van der Waals surface area contributed by atoms with Gasteiger partial charge in [0.2, 0.25) is 12.3 Å². The molecule has 0 aromatic heterocycles. The Morgan fingerprint density at radius 1 is 1.11 bits per heavy atom. The van der Waals surface area contributed by atoms with Crippen molar-refractivity contribution in [1.82, 2.24) is 0 Å². The molecule has 0 radical (unpaired) electrons. The third kappa shape index (κ3) is 2.46. The molecule has 0 saturated carbocycles. The Bertz CT molecular complexity index is 1030. The number of nitrogens with one attached hydrogen (secondary N) is 1. The second kappa shape index (κ2) is 5.98. The van der Waals surface area contributed by atoms with Crippen molar-refractivity contribution in [2.45, 2.75) is 24.8 Å². The van der Waals surface area contributed by atoms with E-state index in [0.717, 1.165) is 22.3 Å². The first-order chi connectivity index (χ1) is 12.9. The Hall–Kier alpha value is -3.07. The second-order valence-corrected chi connectivity index (χ2v) is 7.75. The first kappa shape index (κ1) is 17.3. The summed E-state index contributed by atoms with van der Waals surface area (Å²) in [5.74, 6) is 0.0754. The van der Waals surface area contributed by atoms with E-state index in [9.17, 15) is 4.79 Å². The molecule has 0 saturated heterocycles. The number of rotatable bonds is 4. The van der Waals surface area contributed by atoms with E-state index in [1.165, 1.54) is 6.21 Å². The molecule has 3 nitrogen and oxygen atoms in total. The third-order valence-corrected chi connectivity index (χ3v) is 5.86. The maximum atomic E-state index is 12.8. The Morgan fingerprint density at radius 3 is 2.48 bits per heavy atom. The fourth-order valence-corrected chi connectivity index (χ4v) is 4.33. The van der Waals surface area contributed by atoms with E-state index in [1.54, 1.807) is 0 Å². The monoisotopic (exact) mass is 355 g/mol. The molecule has 2 aromatic rings. The minimum Gasteiger partial charge on any atom is -0.311 e. The van der Waals surface area contributed by atoms with Gasteiger partial charge in [-0.2, -0.15) is 0 Å². The molecule has 134 valence electrons. The van der Waals surface area contributed by atoms with Crippen LogP contribution in [0.15, 0.2) is 72.8 Å². The van der Waals surface area contributed by atoms with Crippen LogP contribution in [0.5, 0.6) is 0 Å².